The predicted octanol–water partition coefficient (Wildman–Crippen LogP) is 2.02. The van der Waals surface area contributed by atoms with Gasteiger partial charge in [0, 0.05) is 31.7 Å². The first-order valence-corrected chi connectivity index (χ1v) is 7.56. The molecule has 0 heterocycles. The van der Waals surface area contributed by atoms with Crippen molar-refractivity contribution in [2.75, 3.05) is 20.3 Å². The third-order valence-corrected chi connectivity index (χ3v) is 4.53. The van der Waals surface area contributed by atoms with Crippen molar-refractivity contribution in [2.45, 2.75) is 58.5 Å². The molecule has 4 nitrogen and oxygen atoms in total. The van der Waals surface area contributed by atoms with Gasteiger partial charge in [0.25, 0.3) is 0 Å². The number of nitrogens with zero attached hydrogens (tertiary/aromatic N) is 1. The molecule has 1 fully saturated rings. The lowest BCUT2D eigenvalue weighted by molar-refractivity contribution is -0.140. The molecular weight excluding hydrogens is 240 g/mol. The van der Waals surface area contributed by atoms with Crippen molar-refractivity contribution < 1.29 is 9.53 Å². The lowest BCUT2D eigenvalue weighted by Gasteiger charge is -2.36. The Morgan fingerprint density at radius 2 is 2.16 bits per heavy atom. The summed E-state index contributed by atoms with van der Waals surface area (Å²) in [6, 6.07) is 0.550. The Morgan fingerprint density at radius 3 is 2.68 bits per heavy atom. The van der Waals surface area contributed by atoms with Crippen LogP contribution < -0.4 is 5.73 Å². The lowest BCUT2D eigenvalue weighted by atomic mass is 9.78. The second-order valence-corrected chi connectivity index (χ2v) is 5.93. The molecule has 0 bridgehead atoms. The molecule has 0 spiro atoms. The number of amides is 1. The normalized spacial score (nSPS) is 29.0. The quantitative estimate of drug-likeness (QED) is 0.803. The summed E-state index contributed by atoms with van der Waals surface area (Å²) in [5, 5.41) is 0. The number of carbonyl (C=O) groups excluding carboxylic acids is 1. The summed E-state index contributed by atoms with van der Waals surface area (Å²) >= 11 is 0. The van der Waals surface area contributed by atoms with Crippen LogP contribution in [-0.4, -0.2) is 43.2 Å². The van der Waals surface area contributed by atoms with Gasteiger partial charge in [-0.05, 0) is 38.5 Å². The van der Waals surface area contributed by atoms with Crippen molar-refractivity contribution in [1.82, 2.24) is 4.90 Å². The van der Waals surface area contributed by atoms with Crippen molar-refractivity contribution in [3.05, 3.63) is 0 Å². The molecule has 0 aliphatic heterocycles. The molecule has 0 aromatic rings. The minimum Gasteiger partial charge on any atom is -0.383 e. The molecule has 2 N–H and O–H groups in total. The molecule has 0 aromatic heterocycles. The Bertz CT molecular complexity index is 283. The van der Waals surface area contributed by atoms with Crippen molar-refractivity contribution >= 4 is 5.91 Å². The molecular formula is C15H30N2O2. The van der Waals surface area contributed by atoms with Crippen LogP contribution in [0, 0.1) is 11.8 Å². The third kappa shape index (κ3) is 4.46. The van der Waals surface area contributed by atoms with E-state index >= 15 is 0 Å². The molecule has 1 rings (SSSR count). The van der Waals surface area contributed by atoms with Gasteiger partial charge in [0.05, 0.1) is 6.61 Å². The summed E-state index contributed by atoms with van der Waals surface area (Å²) in [7, 11) is 1.68. The predicted molar refractivity (Wildman–Crippen MR) is 77.8 cm³/mol. The topological polar surface area (TPSA) is 55.6 Å². The van der Waals surface area contributed by atoms with Crippen molar-refractivity contribution in [3.8, 4) is 0 Å². The molecule has 1 aliphatic rings. The maximum atomic E-state index is 12.7. The Hall–Kier alpha value is -0.610. The summed E-state index contributed by atoms with van der Waals surface area (Å²) in [6.45, 7) is 7.70. The number of ether oxygens (including phenoxy) is 1. The average Bonchev–Trinajstić information content (AvgIpc) is 2.41. The Labute approximate surface area is 117 Å². The second kappa shape index (κ2) is 7.85. The van der Waals surface area contributed by atoms with Crippen LogP contribution in [0.2, 0.25) is 0 Å². The highest BCUT2D eigenvalue weighted by molar-refractivity contribution is 5.79. The Kier molecular flexibility index (Phi) is 6.80. The zero-order valence-corrected chi connectivity index (χ0v) is 12.9. The molecule has 0 aromatic carbocycles. The van der Waals surface area contributed by atoms with E-state index in [-0.39, 0.29) is 18.0 Å². The summed E-state index contributed by atoms with van der Waals surface area (Å²) < 4.78 is 5.13. The van der Waals surface area contributed by atoms with Gasteiger partial charge in [0.1, 0.15) is 0 Å². The number of hydrogen-bond donors (Lipinski definition) is 1. The van der Waals surface area contributed by atoms with Crippen LogP contribution in [-0.2, 0) is 9.53 Å². The van der Waals surface area contributed by atoms with E-state index in [1.165, 1.54) is 0 Å². The van der Waals surface area contributed by atoms with Crippen molar-refractivity contribution in [3.63, 3.8) is 0 Å². The van der Waals surface area contributed by atoms with Crippen LogP contribution in [0.5, 0.6) is 0 Å². The van der Waals surface area contributed by atoms with Crippen LogP contribution in [0.1, 0.15) is 46.5 Å². The average molecular weight is 270 g/mol. The fourth-order valence-corrected chi connectivity index (χ4v) is 2.84. The minimum absolute atomic E-state index is 0.153. The summed E-state index contributed by atoms with van der Waals surface area (Å²) in [4.78, 5) is 14.7. The van der Waals surface area contributed by atoms with E-state index in [4.69, 9.17) is 10.5 Å². The van der Waals surface area contributed by atoms with Gasteiger partial charge in [-0.2, -0.15) is 0 Å². The maximum absolute atomic E-state index is 12.7. The summed E-state index contributed by atoms with van der Waals surface area (Å²) in [5.74, 6) is 0.898. The SMILES string of the molecule is CCC(C)N(CCOC)C(=O)C1CCC(N)C(C)C1. The van der Waals surface area contributed by atoms with E-state index in [1.807, 2.05) is 4.90 Å². The summed E-state index contributed by atoms with van der Waals surface area (Å²) in [5.41, 5.74) is 6.04. The fourth-order valence-electron chi connectivity index (χ4n) is 2.84. The highest BCUT2D eigenvalue weighted by atomic mass is 16.5. The summed E-state index contributed by atoms with van der Waals surface area (Å²) in [6.07, 6.45) is 3.82. The van der Waals surface area contributed by atoms with Gasteiger partial charge in [0.15, 0.2) is 0 Å². The zero-order chi connectivity index (χ0) is 14.4. The molecule has 1 saturated carbocycles. The lowest BCUT2D eigenvalue weighted by Crippen LogP contribution is -2.46. The number of hydrogen-bond acceptors (Lipinski definition) is 3. The van der Waals surface area contributed by atoms with Gasteiger partial charge < -0.3 is 15.4 Å². The smallest absolute Gasteiger partial charge is 0.226 e. The van der Waals surface area contributed by atoms with Crippen molar-refractivity contribution in [1.29, 1.82) is 0 Å². The Morgan fingerprint density at radius 1 is 1.47 bits per heavy atom. The van der Waals surface area contributed by atoms with Gasteiger partial charge in [-0.25, -0.2) is 0 Å². The van der Waals surface area contributed by atoms with Crippen LogP contribution >= 0.6 is 0 Å². The fraction of sp³-hybridized carbons (Fsp3) is 0.933. The monoisotopic (exact) mass is 270 g/mol. The van der Waals surface area contributed by atoms with Gasteiger partial charge >= 0.3 is 0 Å². The van der Waals surface area contributed by atoms with E-state index in [0.717, 1.165) is 25.7 Å². The first kappa shape index (κ1) is 16.4. The zero-order valence-electron chi connectivity index (χ0n) is 12.9. The molecule has 0 radical (unpaired) electrons. The first-order chi connectivity index (χ1) is 9.01. The van der Waals surface area contributed by atoms with Crippen LogP contribution in [0.25, 0.3) is 0 Å². The molecule has 112 valence electrons. The molecule has 1 amide bonds. The van der Waals surface area contributed by atoms with Gasteiger partial charge in [0.2, 0.25) is 5.91 Å². The molecule has 0 saturated heterocycles. The number of carbonyl (C=O) groups is 1. The van der Waals surface area contributed by atoms with E-state index in [1.54, 1.807) is 7.11 Å². The third-order valence-electron chi connectivity index (χ3n) is 4.53. The highest BCUT2D eigenvalue weighted by Crippen LogP contribution is 2.30. The van der Waals surface area contributed by atoms with E-state index in [0.29, 0.717) is 25.0 Å². The molecule has 4 heteroatoms. The largest absolute Gasteiger partial charge is 0.383 e. The number of nitrogens with two attached hydrogens (primary N) is 1. The van der Waals surface area contributed by atoms with Gasteiger partial charge in [-0.15, -0.1) is 0 Å². The standard InChI is InChI=1S/C15H30N2O2/c1-5-12(3)17(8-9-19-4)15(18)13-6-7-14(16)11(2)10-13/h11-14H,5-10,16H2,1-4H3. The van der Waals surface area contributed by atoms with E-state index in [2.05, 4.69) is 20.8 Å². The van der Waals surface area contributed by atoms with Crippen LogP contribution in [0.4, 0.5) is 0 Å². The maximum Gasteiger partial charge on any atom is 0.226 e. The number of methoxy groups -OCH3 is 1. The molecule has 1 aliphatic carbocycles. The second-order valence-electron chi connectivity index (χ2n) is 5.93. The molecule has 19 heavy (non-hydrogen) atoms. The van der Waals surface area contributed by atoms with Crippen LogP contribution in [0.3, 0.4) is 0 Å². The van der Waals surface area contributed by atoms with Gasteiger partial charge in [-0.1, -0.05) is 13.8 Å². The first-order valence-electron chi connectivity index (χ1n) is 7.56. The minimum atomic E-state index is 0.153. The van der Waals surface area contributed by atoms with Crippen molar-refractivity contribution in [2.24, 2.45) is 17.6 Å². The molecule has 4 atom stereocenters. The molecule has 4 unspecified atom stereocenters. The van der Waals surface area contributed by atoms with Gasteiger partial charge in [-0.3, -0.25) is 4.79 Å². The number of rotatable bonds is 6. The van der Waals surface area contributed by atoms with E-state index < -0.39 is 0 Å². The van der Waals surface area contributed by atoms with Crippen LogP contribution in [0.15, 0.2) is 0 Å². The highest BCUT2D eigenvalue weighted by Gasteiger charge is 2.33. The van der Waals surface area contributed by atoms with E-state index in [9.17, 15) is 4.79 Å². The Balaban J connectivity index is 2.65.